The third-order valence-corrected chi connectivity index (χ3v) is 3.12. The van der Waals surface area contributed by atoms with Gasteiger partial charge in [-0.25, -0.2) is 13.4 Å². The van der Waals surface area contributed by atoms with Crippen molar-refractivity contribution in [2.75, 3.05) is 6.54 Å². The van der Waals surface area contributed by atoms with Gasteiger partial charge in [0.25, 0.3) is 10.0 Å². The number of imidazole rings is 1. The van der Waals surface area contributed by atoms with Crippen LogP contribution in [0.15, 0.2) is 17.6 Å². The Hall–Kier alpha value is -1.41. The number of aryl methyl sites for hydroxylation is 1. The Bertz CT molecular complexity index is 451. The molecule has 0 aliphatic rings. The van der Waals surface area contributed by atoms with Crippen molar-refractivity contribution in [2.45, 2.75) is 18.5 Å². The zero-order valence-electron chi connectivity index (χ0n) is 8.04. The summed E-state index contributed by atoms with van der Waals surface area (Å²) in [4.78, 5) is 13.9. The van der Waals surface area contributed by atoms with E-state index in [1.165, 1.54) is 17.1 Å². The van der Waals surface area contributed by atoms with Crippen molar-refractivity contribution in [1.82, 2.24) is 14.3 Å². The second-order valence-electron chi connectivity index (χ2n) is 2.74. The van der Waals surface area contributed by atoms with Crippen molar-refractivity contribution in [2.24, 2.45) is 0 Å². The summed E-state index contributed by atoms with van der Waals surface area (Å²) in [5, 5.41) is 8.32. The van der Waals surface area contributed by atoms with Gasteiger partial charge >= 0.3 is 5.97 Å². The lowest BCUT2D eigenvalue weighted by atomic mass is 10.7. The first-order valence-electron chi connectivity index (χ1n) is 4.19. The molecule has 0 aromatic carbocycles. The zero-order valence-corrected chi connectivity index (χ0v) is 8.86. The number of rotatable bonds is 5. The van der Waals surface area contributed by atoms with Crippen LogP contribution in [0.3, 0.4) is 0 Å². The average Bonchev–Trinajstić information content (AvgIpc) is 2.63. The van der Waals surface area contributed by atoms with Crippen LogP contribution in [-0.2, 0) is 21.4 Å². The SMILES string of the molecule is CCn1cncc1S(=O)(=O)NCC(=O)O. The molecule has 0 saturated heterocycles. The molecule has 0 unspecified atom stereocenters. The fourth-order valence-corrected chi connectivity index (χ4v) is 2.15. The number of carboxylic acids is 1. The summed E-state index contributed by atoms with van der Waals surface area (Å²) < 4.78 is 26.4. The van der Waals surface area contributed by atoms with Crippen LogP contribution < -0.4 is 4.72 Å². The Labute approximate surface area is 86.8 Å². The number of aliphatic carboxylic acids is 1. The van der Waals surface area contributed by atoms with Gasteiger partial charge in [-0.3, -0.25) is 4.79 Å². The minimum Gasteiger partial charge on any atom is -0.480 e. The van der Waals surface area contributed by atoms with Crippen molar-refractivity contribution in [3.63, 3.8) is 0 Å². The van der Waals surface area contributed by atoms with Gasteiger partial charge < -0.3 is 9.67 Å². The molecule has 15 heavy (non-hydrogen) atoms. The van der Waals surface area contributed by atoms with Gasteiger partial charge in [-0.2, -0.15) is 4.72 Å². The van der Waals surface area contributed by atoms with Gasteiger partial charge in [-0.15, -0.1) is 0 Å². The fraction of sp³-hybridized carbons (Fsp3) is 0.429. The number of hydrogen-bond donors (Lipinski definition) is 2. The van der Waals surface area contributed by atoms with E-state index >= 15 is 0 Å². The van der Waals surface area contributed by atoms with Crippen LogP contribution in [0.4, 0.5) is 0 Å². The van der Waals surface area contributed by atoms with Crippen LogP contribution in [0.25, 0.3) is 0 Å². The maximum absolute atomic E-state index is 11.5. The van der Waals surface area contributed by atoms with Gasteiger partial charge in [-0.1, -0.05) is 0 Å². The molecule has 1 aromatic heterocycles. The first-order chi connectivity index (χ1) is 6.97. The number of hydrogen-bond acceptors (Lipinski definition) is 4. The smallest absolute Gasteiger partial charge is 0.318 e. The van der Waals surface area contributed by atoms with E-state index in [-0.39, 0.29) is 5.03 Å². The minimum absolute atomic E-state index is 0.0359. The van der Waals surface area contributed by atoms with Gasteiger partial charge in [0.1, 0.15) is 6.54 Å². The van der Waals surface area contributed by atoms with Crippen molar-refractivity contribution >= 4 is 16.0 Å². The number of carboxylic acid groups (broad SMARTS) is 1. The van der Waals surface area contributed by atoms with E-state index in [0.29, 0.717) is 6.54 Å². The molecule has 0 amide bonds. The monoisotopic (exact) mass is 233 g/mol. The van der Waals surface area contributed by atoms with Crippen LogP contribution in [0.5, 0.6) is 0 Å². The van der Waals surface area contributed by atoms with E-state index in [4.69, 9.17) is 5.11 Å². The van der Waals surface area contributed by atoms with Crippen molar-refractivity contribution in [3.8, 4) is 0 Å². The maximum atomic E-state index is 11.5. The van der Waals surface area contributed by atoms with Crippen LogP contribution in [0, 0.1) is 0 Å². The molecule has 0 saturated carbocycles. The summed E-state index contributed by atoms with van der Waals surface area (Å²) in [5.74, 6) is -1.24. The number of aromatic nitrogens is 2. The van der Waals surface area contributed by atoms with E-state index in [9.17, 15) is 13.2 Å². The average molecular weight is 233 g/mol. The van der Waals surface area contributed by atoms with E-state index in [0.717, 1.165) is 0 Å². The van der Waals surface area contributed by atoms with Crippen LogP contribution >= 0.6 is 0 Å². The van der Waals surface area contributed by atoms with Crippen LogP contribution in [0.2, 0.25) is 0 Å². The Morgan fingerprint density at radius 1 is 1.67 bits per heavy atom. The molecule has 8 heteroatoms. The molecule has 0 bridgehead atoms. The summed E-state index contributed by atoms with van der Waals surface area (Å²) >= 11 is 0. The number of nitrogens with one attached hydrogen (secondary N) is 1. The topological polar surface area (TPSA) is 101 Å². The minimum atomic E-state index is -3.79. The normalized spacial score (nSPS) is 11.5. The van der Waals surface area contributed by atoms with Gasteiger partial charge in [-0.05, 0) is 6.92 Å². The number of nitrogens with zero attached hydrogens (tertiary/aromatic N) is 2. The molecule has 84 valence electrons. The largest absolute Gasteiger partial charge is 0.480 e. The lowest BCUT2D eigenvalue weighted by Crippen LogP contribution is -2.30. The van der Waals surface area contributed by atoms with Crippen molar-refractivity contribution < 1.29 is 18.3 Å². The summed E-state index contributed by atoms with van der Waals surface area (Å²) in [7, 11) is -3.79. The summed E-state index contributed by atoms with van der Waals surface area (Å²) in [6.07, 6.45) is 2.54. The third-order valence-electron chi connectivity index (χ3n) is 1.70. The Kier molecular flexibility index (Phi) is 3.43. The maximum Gasteiger partial charge on any atom is 0.318 e. The van der Waals surface area contributed by atoms with Gasteiger partial charge in [0.2, 0.25) is 0 Å². The van der Waals surface area contributed by atoms with Crippen molar-refractivity contribution in [3.05, 3.63) is 12.5 Å². The predicted octanol–water partition coefficient (Wildman–Crippen LogP) is -0.734. The second-order valence-corrected chi connectivity index (χ2v) is 4.45. The quantitative estimate of drug-likeness (QED) is 0.698. The summed E-state index contributed by atoms with van der Waals surface area (Å²) in [6.45, 7) is 1.57. The molecular weight excluding hydrogens is 222 g/mol. The highest BCUT2D eigenvalue weighted by molar-refractivity contribution is 7.89. The van der Waals surface area contributed by atoms with E-state index in [2.05, 4.69) is 4.98 Å². The molecule has 2 N–H and O–H groups in total. The van der Waals surface area contributed by atoms with Crippen LogP contribution in [-0.4, -0.2) is 35.6 Å². The molecule has 1 aromatic rings. The van der Waals surface area contributed by atoms with Crippen molar-refractivity contribution in [1.29, 1.82) is 0 Å². The Morgan fingerprint density at radius 2 is 2.33 bits per heavy atom. The second kappa shape index (κ2) is 4.41. The molecule has 0 spiro atoms. The number of sulfonamides is 1. The predicted molar refractivity (Wildman–Crippen MR) is 50.7 cm³/mol. The standard InChI is InChI=1S/C7H11N3O4S/c1-2-10-5-8-3-6(10)15(13,14)9-4-7(11)12/h3,5,9H,2,4H2,1H3,(H,11,12). The lowest BCUT2D eigenvalue weighted by molar-refractivity contribution is -0.135. The molecule has 0 radical (unpaired) electrons. The lowest BCUT2D eigenvalue weighted by Gasteiger charge is -2.06. The van der Waals surface area contributed by atoms with E-state index < -0.39 is 22.5 Å². The highest BCUT2D eigenvalue weighted by Crippen LogP contribution is 2.06. The van der Waals surface area contributed by atoms with E-state index in [1.807, 2.05) is 4.72 Å². The molecule has 0 aliphatic heterocycles. The molecule has 1 heterocycles. The molecule has 7 nitrogen and oxygen atoms in total. The molecular formula is C7H11N3O4S. The number of carbonyl (C=O) groups is 1. The van der Waals surface area contributed by atoms with Gasteiger partial charge in [0, 0.05) is 6.54 Å². The summed E-state index contributed by atoms with van der Waals surface area (Å²) in [5.41, 5.74) is 0. The molecule has 0 fully saturated rings. The Morgan fingerprint density at radius 3 is 2.87 bits per heavy atom. The van der Waals surface area contributed by atoms with Crippen LogP contribution in [0.1, 0.15) is 6.92 Å². The molecule has 0 atom stereocenters. The van der Waals surface area contributed by atoms with E-state index in [1.54, 1.807) is 6.92 Å². The molecule has 1 rings (SSSR count). The third kappa shape index (κ3) is 2.77. The highest BCUT2D eigenvalue weighted by atomic mass is 32.2. The summed E-state index contributed by atoms with van der Waals surface area (Å²) in [6, 6.07) is 0. The first kappa shape index (κ1) is 11.7. The fourth-order valence-electron chi connectivity index (χ4n) is 1.00. The van der Waals surface area contributed by atoms with Gasteiger partial charge in [0.05, 0.1) is 12.5 Å². The van der Waals surface area contributed by atoms with Gasteiger partial charge in [0.15, 0.2) is 5.03 Å². The molecule has 0 aliphatic carbocycles. The zero-order chi connectivity index (χ0) is 11.5. The first-order valence-corrected chi connectivity index (χ1v) is 5.67. The highest BCUT2D eigenvalue weighted by Gasteiger charge is 2.19. The Balaban J connectivity index is 2.91.